The van der Waals surface area contributed by atoms with Gasteiger partial charge in [-0.1, -0.05) is 0 Å². The van der Waals surface area contributed by atoms with Crippen LogP contribution in [0.15, 0.2) is 0 Å². The van der Waals surface area contributed by atoms with E-state index in [1.807, 2.05) is 0 Å². The van der Waals surface area contributed by atoms with E-state index in [0.29, 0.717) is 10.5 Å². The van der Waals surface area contributed by atoms with E-state index in [2.05, 4.69) is 52.8 Å². The third-order valence-corrected chi connectivity index (χ3v) is 0. The molecule has 0 unspecified atom stereocenters. The van der Waals surface area contributed by atoms with Crippen molar-refractivity contribution in [1.82, 2.24) is 0 Å². The second-order valence-corrected chi connectivity index (χ2v) is 18.6. The van der Waals surface area contributed by atoms with Crippen molar-refractivity contribution in [1.29, 1.82) is 0 Å². The van der Waals surface area contributed by atoms with Crippen molar-refractivity contribution in [2.75, 3.05) is 0 Å². The van der Waals surface area contributed by atoms with E-state index in [-0.39, 0.29) is 0 Å². The van der Waals surface area contributed by atoms with Crippen molar-refractivity contribution < 1.29 is 20.1 Å². The normalized spacial score (nSPS) is 4.29. The van der Waals surface area contributed by atoms with Crippen molar-refractivity contribution in [2.24, 2.45) is 0 Å². The molecule has 0 fully saturated rings. The maximum atomic E-state index is 7.50. The summed E-state index contributed by atoms with van der Waals surface area (Å²) in [5.74, 6) is 0. The molecule has 7 heavy (non-hydrogen) atoms. The van der Waals surface area contributed by atoms with E-state index in [1.165, 1.54) is 0 Å². The predicted molar refractivity (Wildman–Crippen MR) is 40.8 cm³/mol. The summed E-state index contributed by atoms with van der Waals surface area (Å²) in [4.78, 5) is 15.0. The molecule has 0 heterocycles. The molecule has 0 spiro atoms. The number of carbonyl (C=O) groups excluding carboxylic acids is 2. The fraction of sp³-hybridized carbons (Fsp3) is 0. The first-order chi connectivity index (χ1) is 3.41. The zero-order chi connectivity index (χ0) is 6.71. The van der Waals surface area contributed by atoms with Crippen LogP contribution in [0.2, 0.25) is 0 Å². The Hall–Kier alpha value is 1.45. The molecule has 0 amide bonds. The number of hydrogen-bond acceptors (Lipinski definition) is 2. The van der Waals surface area contributed by atoms with Gasteiger partial charge in [-0.3, -0.25) is 9.59 Å². The van der Waals surface area contributed by atoms with Gasteiger partial charge in [-0.15, -0.1) is 0 Å². The fourth-order valence-corrected chi connectivity index (χ4v) is 0. The Morgan fingerprint density at radius 1 is 1.00 bits per heavy atom. The van der Waals surface area contributed by atoms with E-state index < -0.39 is 0 Å². The fourth-order valence-electron chi connectivity index (χ4n) is 0. The van der Waals surface area contributed by atoms with Crippen LogP contribution in [0.25, 0.3) is 0 Å². The molecule has 0 atom stereocenters. The Kier molecular flexibility index (Phi) is 116. The molecule has 0 aliphatic rings. The van der Waals surface area contributed by atoms with E-state index in [9.17, 15) is 0 Å². The molecule has 0 aromatic rings. The molecule has 44 valence electrons. The molecule has 0 bridgehead atoms. The van der Waals surface area contributed by atoms with E-state index in [4.69, 9.17) is 9.59 Å². The molecule has 0 aromatic heterocycles. The standard InChI is InChI=1S/2CO.2HI.Ir.H/c2*1-2;;;;/h;;2*1H;;/q;;;;+2;/p-2. The molecule has 4 radical (unpaired) electrons. The van der Waals surface area contributed by atoms with Crippen LogP contribution < -0.4 is 0 Å². The van der Waals surface area contributed by atoms with Gasteiger partial charge in [0.1, 0.15) is 0 Å². The minimum absolute atomic E-state index is 0.357. The van der Waals surface area contributed by atoms with E-state index in [0.717, 1.165) is 0 Å². The van der Waals surface area contributed by atoms with Crippen LogP contribution in [0.1, 0.15) is 0 Å². The maximum absolute atomic E-state index is 7.50. The number of halogens is 2. The second kappa shape index (κ2) is 51.6. The van der Waals surface area contributed by atoms with Crippen LogP contribution in [0.3, 0.4) is 0 Å². The van der Waals surface area contributed by atoms with Gasteiger partial charge in [0.05, 0.1) is 0 Å². The SMILES string of the molecule is [C]=O.[C]=O.[I][IrH][I]. The van der Waals surface area contributed by atoms with Crippen molar-refractivity contribution in [3.05, 3.63) is 0 Å². The first kappa shape index (κ1) is 15.8. The van der Waals surface area contributed by atoms with Crippen LogP contribution in [-0.2, 0) is 20.1 Å². The Morgan fingerprint density at radius 2 is 1.00 bits per heavy atom. The Balaban J connectivity index is -0.0000000360. The Labute approximate surface area is 71.9 Å². The molecular formula is C2HI2IrO2. The Bertz CT molecular complexity index is 21.2. The summed E-state index contributed by atoms with van der Waals surface area (Å²) in [7, 11) is 0.357. The summed E-state index contributed by atoms with van der Waals surface area (Å²) in [5.41, 5.74) is 0. The van der Waals surface area contributed by atoms with Crippen molar-refractivity contribution >= 4 is 52.8 Å². The molecule has 2 nitrogen and oxygen atoms in total. The molecule has 0 aromatic carbocycles. The zero-order valence-corrected chi connectivity index (χ0v) is 9.78. The molecule has 0 aliphatic carbocycles. The van der Waals surface area contributed by atoms with Crippen LogP contribution in [0.4, 0.5) is 0 Å². The number of rotatable bonds is 0. The topological polar surface area (TPSA) is 34.1 Å². The van der Waals surface area contributed by atoms with E-state index >= 15 is 0 Å². The zero-order valence-electron chi connectivity index (χ0n) is 2.93. The van der Waals surface area contributed by atoms with Gasteiger partial charge < -0.3 is 0 Å². The Morgan fingerprint density at radius 3 is 1.00 bits per heavy atom. The third kappa shape index (κ3) is 105. The summed E-state index contributed by atoms with van der Waals surface area (Å²) < 4.78 is 0. The molecule has 0 rings (SSSR count). The summed E-state index contributed by atoms with van der Waals surface area (Å²) in [6, 6.07) is 0. The van der Waals surface area contributed by atoms with Gasteiger partial charge in [0.25, 0.3) is 13.6 Å². The second-order valence-electron chi connectivity index (χ2n) is 0.0505. The van der Waals surface area contributed by atoms with Crippen LogP contribution in [0, 0.1) is 0 Å². The van der Waals surface area contributed by atoms with Crippen LogP contribution in [0.5, 0.6) is 0 Å². The predicted octanol–water partition coefficient (Wildman–Crippen LogP) is 0.707. The third-order valence-electron chi connectivity index (χ3n) is 0. The molecular weight excluding hydrogens is 502 g/mol. The molecule has 5 heteroatoms. The van der Waals surface area contributed by atoms with Gasteiger partial charge in [0, 0.05) is 0 Å². The average Bonchev–Trinajstić information content (AvgIpc) is 1.78. The summed E-state index contributed by atoms with van der Waals surface area (Å²) >= 11 is 4.83. The molecule has 0 saturated heterocycles. The van der Waals surface area contributed by atoms with Crippen molar-refractivity contribution in [3.63, 3.8) is 0 Å². The van der Waals surface area contributed by atoms with Gasteiger partial charge in [-0.2, -0.15) is 0 Å². The van der Waals surface area contributed by atoms with Crippen LogP contribution >= 0.6 is 39.2 Å². The monoisotopic (exact) mass is 504 g/mol. The van der Waals surface area contributed by atoms with Crippen LogP contribution in [-0.4, -0.2) is 13.6 Å². The van der Waals surface area contributed by atoms with Gasteiger partial charge in [0.15, 0.2) is 0 Å². The summed E-state index contributed by atoms with van der Waals surface area (Å²) in [5, 5.41) is 0. The molecule has 0 aliphatic heterocycles. The molecule has 0 N–H and O–H groups in total. The summed E-state index contributed by atoms with van der Waals surface area (Å²) in [6.45, 7) is 9.00. The van der Waals surface area contributed by atoms with Gasteiger partial charge >= 0.3 is 49.7 Å². The average molecular weight is 503 g/mol. The first-order valence-corrected chi connectivity index (χ1v) is 15.1. The van der Waals surface area contributed by atoms with Crippen molar-refractivity contribution in [2.45, 2.75) is 0 Å². The minimum atomic E-state index is 0.357. The van der Waals surface area contributed by atoms with Gasteiger partial charge in [0.2, 0.25) is 0 Å². The van der Waals surface area contributed by atoms with E-state index in [1.54, 1.807) is 0 Å². The van der Waals surface area contributed by atoms with Crippen molar-refractivity contribution in [3.8, 4) is 0 Å². The number of hydrogen-bond donors (Lipinski definition) is 0. The summed E-state index contributed by atoms with van der Waals surface area (Å²) in [6.07, 6.45) is 0. The first-order valence-electron chi connectivity index (χ1n) is 0.676. The molecule has 0 saturated carbocycles. The quantitative estimate of drug-likeness (QED) is 0.457. The van der Waals surface area contributed by atoms with Gasteiger partial charge in [-0.05, 0) is 0 Å². The van der Waals surface area contributed by atoms with Gasteiger partial charge in [-0.25, -0.2) is 0 Å².